The van der Waals surface area contributed by atoms with E-state index in [-0.39, 0.29) is 34.7 Å². The van der Waals surface area contributed by atoms with Crippen LogP contribution in [0.15, 0.2) is 30.6 Å². The molecule has 2 N–H and O–H groups in total. The van der Waals surface area contributed by atoms with Crippen LogP contribution in [0.2, 0.25) is 5.28 Å². The van der Waals surface area contributed by atoms with E-state index in [9.17, 15) is 18.0 Å². The van der Waals surface area contributed by atoms with Gasteiger partial charge in [0, 0.05) is 20.3 Å². The first kappa shape index (κ1) is 27.0. The van der Waals surface area contributed by atoms with Gasteiger partial charge in [-0.05, 0) is 50.1 Å². The van der Waals surface area contributed by atoms with E-state index in [0.29, 0.717) is 5.56 Å². The van der Waals surface area contributed by atoms with Crippen LogP contribution >= 0.6 is 11.6 Å². The molecule has 36 heavy (non-hydrogen) atoms. The zero-order valence-electron chi connectivity index (χ0n) is 20.1. The van der Waals surface area contributed by atoms with Crippen LogP contribution < -0.4 is 10.7 Å². The van der Waals surface area contributed by atoms with Crippen molar-refractivity contribution < 1.29 is 27.1 Å². The quantitative estimate of drug-likeness (QED) is 0.280. The topological polar surface area (TPSA) is 102 Å². The number of carbonyl (C=O) groups excluding carboxylic acids is 1. The molecule has 0 bridgehead atoms. The molecule has 0 aliphatic rings. The Kier molecular flexibility index (Phi) is 7.35. The van der Waals surface area contributed by atoms with Gasteiger partial charge in [0.05, 0.1) is 24.0 Å². The highest BCUT2D eigenvalue weighted by atomic mass is 35.5. The Bertz CT molecular complexity index is 1270. The van der Waals surface area contributed by atoms with Crippen molar-refractivity contribution in [2.24, 2.45) is 7.05 Å². The number of aryl methyl sites for hydroxylation is 1. The maximum absolute atomic E-state index is 15.1. The van der Waals surface area contributed by atoms with Crippen molar-refractivity contribution in [1.82, 2.24) is 24.5 Å². The molecule has 0 spiro atoms. The van der Waals surface area contributed by atoms with Crippen LogP contribution in [0.25, 0.3) is 11.4 Å². The fourth-order valence-electron chi connectivity index (χ4n) is 3.18. The van der Waals surface area contributed by atoms with Gasteiger partial charge >= 0.3 is 12.3 Å². The average molecular weight is 530 g/mol. The van der Waals surface area contributed by atoms with Gasteiger partial charge in [-0.15, -0.1) is 0 Å². The summed E-state index contributed by atoms with van der Waals surface area (Å²) in [6, 6.07) is 3.90. The number of benzene rings is 1. The first-order chi connectivity index (χ1) is 16.6. The minimum absolute atomic E-state index is 0.0618. The Hall–Kier alpha value is -3.61. The Morgan fingerprint density at radius 1 is 1.22 bits per heavy atom. The van der Waals surface area contributed by atoms with E-state index in [4.69, 9.17) is 22.1 Å². The van der Waals surface area contributed by atoms with Crippen molar-refractivity contribution in [2.75, 3.05) is 17.8 Å². The normalized spacial score (nSPS) is 11.9. The molecule has 194 valence electrons. The smallest absolute Gasteiger partial charge is 0.434 e. The van der Waals surface area contributed by atoms with Gasteiger partial charge in [0.15, 0.2) is 11.5 Å². The summed E-state index contributed by atoms with van der Waals surface area (Å²) in [5, 5.41) is 2.27. The second-order valence-electron chi connectivity index (χ2n) is 8.85. The summed E-state index contributed by atoms with van der Waals surface area (Å²) in [5.74, 6) is -0.948. The predicted octanol–water partition coefficient (Wildman–Crippen LogP) is 5.06. The molecule has 0 aliphatic carbocycles. The van der Waals surface area contributed by atoms with Gasteiger partial charge in [0.1, 0.15) is 17.2 Å². The monoisotopic (exact) mass is 529 g/mol. The number of ether oxygens (including phenoxy) is 1. The first-order valence-electron chi connectivity index (χ1n) is 10.5. The highest BCUT2D eigenvalue weighted by molar-refractivity contribution is 6.28. The number of halogens is 5. The van der Waals surface area contributed by atoms with Gasteiger partial charge in [-0.1, -0.05) is 6.07 Å². The molecule has 9 nitrogen and oxygen atoms in total. The molecule has 2 heterocycles. The van der Waals surface area contributed by atoms with E-state index in [1.54, 1.807) is 20.8 Å². The van der Waals surface area contributed by atoms with Gasteiger partial charge in [-0.2, -0.15) is 18.2 Å². The number of amides is 1. The number of alkyl halides is 3. The number of nitrogens with zero attached hydrogens (tertiary/aromatic N) is 6. The lowest BCUT2D eigenvalue weighted by atomic mass is 10.1. The van der Waals surface area contributed by atoms with Gasteiger partial charge in [0.25, 0.3) is 0 Å². The van der Waals surface area contributed by atoms with Crippen molar-refractivity contribution in [3.05, 3.63) is 53.0 Å². The molecule has 3 aromatic rings. The standard InChI is InChI=1S/C22H24ClF4N7O2/c1-21(2,3)36-20(35)33(5)34(18-15(28)9-29-19(23)31-18)10-12-6-7-13(14(24)8-12)17-30-16(11-32(17)4)22(25,26)27/h6-9,11H,10,28H2,1-5H3. The van der Waals surface area contributed by atoms with Gasteiger partial charge in [0.2, 0.25) is 5.28 Å². The fourth-order valence-corrected chi connectivity index (χ4v) is 3.31. The van der Waals surface area contributed by atoms with Crippen LogP contribution in [-0.2, 0) is 24.5 Å². The molecule has 3 rings (SSSR count). The fraction of sp³-hybridized carbons (Fsp3) is 0.364. The molecule has 0 atom stereocenters. The third kappa shape index (κ3) is 6.14. The van der Waals surface area contributed by atoms with E-state index in [0.717, 1.165) is 21.8 Å². The maximum Gasteiger partial charge on any atom is 0.434 e. The SMILES string of the molecule is CN(C(=O)OC(C)(C)C)N(Cc1ccc(-c2nc(C(F)(F)F)cn2C)c(F)c1)c1nc(Cl)ncc1N. The van der Waals surface area contributed by atoms with E-state index < -0.39 is 29.4 Å². The molecule has 14 heteroatoms. The van der Waals surface area contributed by atoms with E-state index in [1.807, 2.05) is 0 Å². The molecule has 1 aromatic carbocycles. The number of imidazole rings is 1. The summed E-state index contributed by atoms with van der Waals surface area (Å²) in [6.45, 7) is 4.94. The molecule has 0 aliphatic heterocycles. The largest absolute Gasteiger partial charge is 0.442 e. The van der Waals surface area contributed by atoms with Crippen molar-refractivity contribution in [2.45, 2.75) is 39.1 Å². The molecular weight excluding hydrogens is 506 g/mol. The van der Waals surface area contributed by atoms with Crippen LogP contribution in [0.5, 0.6) is 0 Å². The van der Waals surface area contributed by atoms with Gasteiger partial charge in [-0.3, -0.25) is 5.01 Å². The van der Waals surface area contributed by atoms with Crippen LogP contribution in [0.3, 0.4) is 0 Å². The lowest BCUT2D eigenvalue weighted by Crippen LogP contribution is -2.46. The zero-order chi connectivity index (χ0) is 27.0. The Morgan fingerprint density at radius 2 is 1.89 bits per heavy atom. The van der Waals surface area contributed by atoms with Gasteiger partial charge in [-0.25, -0.2) is 24.2 Å². The number of nitrogens with two attached hydrogens (primary N) is 1. The van der Waals surface area contributed by atoms with Crippen LogP contribution in [0.1, 0.15) is 32.0 Å². The van der Waals surface area contributed by atoms with Crippen LogP contribution in [0.4, 0.5) is 33.9 Å². The zero-order valence-corrected chi connectivity index (χ0v) is 20.8. The molecule has 2 aromatic heterocycles. The molecule has 0 unspecified atom stereocenters. The Balaban J connectivity index is 1.98. The third-order valence-corrected chi connectivity index (χ3v) is 4.99. The van der Waals surface area contributed by atoms with Crippen molar-refractivity contribution in [1.29, 1.82) is 0 Å². The number of carbonyl (C=O) groups is 1. The van der Waals surface area contributed by atoms with Crippen LogP contribution in [0, 0.1) is 5.82 Å². The molecular formula is C22H24ClF4N7O2. The van der Waals surface area contributed by atoms with E-state index in [2.05, 4.69) is 15.0 Å². The van der Waals surface area contributed by atoms with Crippen LogP contribution in [-0.4, -0.2) is 43.3 Å². The lowest BCUT2D eigenvalue weighted by molar-refractivity contribution is -0.140. The molecule has 0 fully saturated rings. The highest BCUT2D eigenvalue weighted by Crippen LogP contribution is 2.32. The van der Waals surface area contributed by atoms with Gasteiger partial charge < -0.3 is 15.0 Å². The first-order valence-corrected chi connectivity index (χ1v) is 10.9. The Labute approximate surface area is 209 Å². The van der Waals surface area contributed by atoms with Crippen molar-refractivity contribution >= 4 is 29.2 Å². The van der Waals surface area contributed by atoms with Crippen molar-refractivity contribution in [3.8, 4) is 11.4 Å². The molecule has 1 amide bonds. The van der Waals surface area contributed by atoms with E-state index in [1.165, 1.54) is 37.4 Å². The number of aromatic nitrogens is 4. The predicted molar refractivity (Wildman–Crippen MR) is 125 cm³/mol. The summed E-state index contributed by atoms with van der Waals surface area (Å²) in [7, 11) is 2.74. The lowest BCUT2D eigenvalue weighted by Gasteiger charge is -2.34. The number of hydrogen-bond donors (Lipinski definition) is 1. The second-order valence-corrected chi connectivity index (χ2v) is 9.19. The van der Waals surface area contributed by atoms with E-state index >= 15 is 4.39 Å². The summed E-state index contributed by atoms with van der Waals surface area (Å²) >= 11 is 5.93. The summed E-state index contributed by atoms with van der Waals surface area (Å²) in [5.41, 5.74) is 4.36. The number of rotatable bonds is 5. The summed E-state index contributed by atoms with van der Waals surface area (Å²) in [6.07, 6.45) is -3.38. The number of nitrogen functional groups attached to an aromatic ring is 1. The number of anilines is 2. The minimum Gasteiger partial charge on any atom is -0.442 e. The number of hydrazine groups is 1. The third-order valence-electron chi connectivity index (χ3n) is 4.80. The molecule has 0 saturated heterocycles. The molecule has 0 saturated carbocycles. The maximum atomic E-state index is 15.1. The second kappa shape index (κ2) is 9.80. The summed E-state index contributed by atoms with van der Waals surface area (Å²) < 4.78 is 60.6. The minimum atomic E-state index is -4.67. The molecule has 0 radical (unpaired) electrons. The summed E-state index contributed by atoms with van der Waals surface area (Å²) in [4.78, 5) is 24.2. The van der Waals surface area contributed by atoms with Crippen molar-refractivity contribution in [3.63, 3.8) is 0 Å². The number of hydrogen-bond acceptors (Lipinski definition) is 7. The average Bonchev–Trinajstić information content (AvgIpc) is 3.14. The Morgan fingerprint density at radius 3 is 2.44 bits per heavy atom. The highest BCUT2D eigenvalue weighted by Gasteiger charge is 2.35.